The number of hydrogen-bond acceptors (Lipinski definition) is 3. The number of nitrogens with zero attached hydrogens (tertiary/aromatic N) is 1. The standard InChI is InChI=1S/C14H28N2O/c1-2-13-11-16(6-3-14(13)9-15)10-12-4-7-17-8-5-12/h12-14H,2-11,15H2,1H3. The minimum absolute atomic E-state index is 0.769. The van der Waals surface area contributed by atoms with E-state index in [1.165, 1.54) is 45.3 Å². The summed E-state index contributed by atoms with van der Waals surface area (Å²) in [6, 6.07) is 0. The minimum atomic E-state index is 0.769. The lowest BCUT2D eigenvalue weighted by Crippen LogP contribution is -2.45. The van der Waals surface area contributed by atoms with E-state index in [4.69, 9.17) is 10.5 Å². The first-order valence-corrected chi connectivity index (χ1v) is 7.33. The average Bonchev–Trinajstić information content (AvgIpc) is 2.40. The largest absolute Gasteiger partial charge is 0.381 e. The van der Waals surface area contributed by atoms with Crippen LogP contribution in [-0.4, -0.2) is 44.3 Å². The highest BCUT2D eigenvalue weighted by atomic mass is 16.5. The van der Waals surface area contributed by atoms with Gasteiger partial charge in [0.15, 0.2) is 0 Å². The predicted molar refractivity (Wildman–Crippen MR) is 70.9 cm³/mol. The Bertz CT molecular complexity index is 214. The Hall–Kier alpha value is -0.120. The quantitative estimate of drug-likeness (QED) is 0.813. The number of hydrogen-bond donors (Lipinski definition) is 1. The average molecular weight is 240 g/mol. The van der Waals surface area contributed by atoms with Crippen molar-refractivity contribution in [3.63, 3.8) is 0 Å². The number of piperidine rings is 1. The second-order valence-corrected chi connectivity index (χ2v) is 5.77. The van der Waals surface area contributed by atoms with Crippen LogP contribution in [0, 0.1) is 17.8 Å². The summed E-state index contributed by atoms with van der Waals surface area (Å²) in [4.78, 5) is 2.68. The summed E-state index contributed by atoms with van der Waals surface area (Å²) in [7, 11) is 0. The minimum Gasteiger partial charge on any atom is -0.381 e. The Morgan fingerprint density at radius 2 is 1.94 bits per heavy atom. The highest BCUT2D eigenvalue weighted by Crippen LogP contribution is 2.27. The van der Waals surface area contributed by atoms with Gasteiger partial charge in [0.05, 0.1) is 0 Å². The summed E-state index contributed by atoms with van der Waals surface area (Å²) in [5.74, 6) is 2.47. The third-order valence-corrected chi connectivity index (χ3v) is 4.66. The molecule has 2 aliphatic rings. The first-order valence-electron chi connectivity index (χ1n) is 7.33. The summed E-state index contributed by atoms with van der Waals surface area (Å²) < 4.78 is 5.43. The SMILES string of the molecule is CCC1CN(CC2CCOCC2)CCC1CN. The van der Waals surface area contributed by atoms with E-state index in [0.29, 0.717) is 0 Å². The van der Waals surface area contributed by atoms with Crippen LogP contribution in [0.2, 0.25) is 0 Å². The van der Waals surface area contributed by atoms with Crippen LogP contribution in [0.4, 0.5) is 0 Å². The number of nitrogens with two attached hydrogens (primary N) is 1. The van der Waals surface area contributed by atoms with Gasteiger partial charge in [0.2, 0.25) is 0 Å². The third kappa shape index (κ3) is 3.67. The molecular weight excluding hydrogens is 212 g/mol. The van der Waals surface area contributed by atoms with Crippen LogP contribution >= 0.6 is 0 Å². The molecule has 2 N–H and O–H groups in total. The fourth-order valence-electron chi connectivity index (χ4n) is 3.39. The van der Waals surface area contributed by atoms with Gasteiger partial charge >= 0.3 is 0 Å². The monoisotopic (exact) mass is 240 g/mol. The highest BCUT2D eigenvalue weighted by molar-refractivity contribution is 4.81. The van der Waals surface area contributed by atoms with Crippen LogP contribution in [0.5, 0.6) is 0 Å². The molecule has 3 nitrogen and oxygen atoms in total. The maximum Gasteiger partial charge on any atom is 0.0469 e. The van der Waals surface area contributed by atoms with Gasteiger partial charge in [0.25, 0.3) is 0 Å². The van der Waals surface area contributed by atoms with Gasteiger partial charge in [-0.05, 0) is 50.1 Å². The molecule has 0 bridgehead atoms. The summed E-state index contributed by atoms with van der Waals surface area (Å²) in [6.07, 6.45) is 5.10. The Labute approximate surface area is 106 Å². The van der Waals surface area contributed by atoms with Gasteiger partial charge in [0, 0.05) is 26.3 Å². The fourth-order valence-corrected chi connectivity index (χ4v) is 3.39. The molecule has 2 unspecified atom stereocenters. The van der Waals surface area contributed by atoms with Crippen molar-refractivity contribution in [2.45, 2.75) is 32.6 Å². The molecule has 3 heteroatoms. The van der Waals surface area contributed by atoms with Crippen LogP contribution in [0.3, 0.4) is 0 Å². The smallest absolute Gasteiger partial charge is 0.0469 e. The van der Waals surface area contributed by atoms with Crippen molar-refractivity contribution in [2.24, 2.45) is 23.5 Å². The molecule has 2 heterocycles. The van der Waals surface area contributed by atoms with E-state index < -0.39 is 0 Å². The molecule has 0 amide bonds. The van der Waals surface area contributed by atoms with E-state index >= 15 is 0 Å². The lowest BCUT2D eigenvalue weighted by molar-refractivity contribution is 0.0379. The zero-order valence-corrected chi connectivity index (χ0v) is 11.2. The molecule has 0 aromatic heterocycles. The molecule has 2 fully saturated rings. The molecule has 0 saturated carbocycles. The van der Waals surface area contributed by atoms with E-state index in [1.54, 1.807) is 0 Å². The van der Waals surface area contributed by atoms with Gasteiger partial charge < -0.3 is 15.4 Å². The zero-order chi connectivity index (χ0) is 12.1. The van der Waals surface area contributed by atoms with Gasteiger partial charge in [-0.15, -0.1) is 0 Å². The summed E-state index contributed by atoms with van der Waals surface area (Å²) >= 11 is 0. The number of ether oxygens (including phenoxy) is 1. The van der Waals surface area contributed by atoms with Crippen molar-refractivity contribution in [3.05, 3.63) is 0 Å². The maximum atomic E-state index is 5.86. The molecule has 0 radical (unpaired) electrons. The summed E-state index contributed by atoms with van der Waals surface area (Å²) in [5.41, 5.74) is 5.86. The molecule has 0 spiro atoms. The highest BCUT2D eigenvalue weighted by Gasteiger charge is 2.28. The van der Waals surface area contributed by atoms with E-state index in [1.807, 2.05) is 0 Å². The predicted octanol–water partition coefficient (Wildman–Crippen LogP) is 1.72. The molecule has 0 aliphatic carbocycles. The van der Waals surface area contributed by atoms with Crippen molar-refractivity contribution in [1.29, 1.82) is 0 Å². The molecule has 0 aromatic carbocycles. The third-order valence-electron chi connectivity index (χ3n) is 4.66. The second kappa shape index (κ2) is 6.72. The van der Waals surface area contributed by atoms with E-state index in [9.17, 15) is 0 Å². The molecular formula is C14H28N2O. The van der Waals surface area contributed by atoms with Crippen LogP contribution < -0.4 is 5.73 Å². The molecule has 100 valence electrons. The van der Waals surface area contributed by atoms with Gasteiger partial charge in [-0.1, -0.05) is 13.3 Å². The molecule has 2 atom stereocenters. The Kier molecular flexibility index (Phi) is 5.26. The van der Waals surface area contributed by atoms with Gasteiger partial charge in [-0.25, -0.2) is 0 Å². The Balaban J connectivity index is 1.78. The second-order valence-electron chi connectivity index (χ2n) is 5.77. The van der Waals surface area contributed by atoms with Crippen molar-refractivity contribution < 1.29 is 4.74 Å². The molecule has 2 aliphatic heterocycles. The summed E-state index contributed by atoms with van der Waals surface area (Å²) in [6.45, 7) is 8.96. The van der Waals surface area contributed by atoms with Crippen LogP contribution in [0.15, 0.2) is 0 Å². The van der Waals surface area contributed by atoms with Crippen molar-refractivity contribution in [1.82, 2.24) is 4.90 Å². The zero-order valence-electron chi connectivity index (χ0n) is 11.2. The molecule has 17 heavy (non-hydrogen) atoms. The molecule has 0 aromatic rings. The maximum absolute atomic E-state index is 5.86. The molecule has 2 saturated heterocycles. The topological polar surface area (TPSA) is 38.5 Å². The summed E-state index contributed by atoms with van der Waals surface area (Å²) in [5, 5.41) is 0. The Morgan fingerprint density at radius 3 is 2.59 bits per heavy atom. The Morgan fingerprint density at radius 1 is 1.18 bits per heavy atom. The first-order chi connectivity index (χ1) is 8.33. The van der Waals surface area contributed by atoms with Crippen LogP contribution in [0.25, 0.3) is 0 Å². The van der Waals surface area contributed by atoms with Crippen molar-refractivity contribution in [2.75, 3.05) is 39.4 Å². The van der Waals surface area contributed by atoms with Crippen LogP contribution in [-0.2, 0) is 4.74 Å². The van der Waals surface area contributed by atoms with Gasteiger partial charge in [-0.2, -0.15) is 0 Å². The lowest BCUT2D eigenvalue weighted by Gasteiger charge is -2.39. The van der Waals surface area contributed by atoms with E-state index in [0.717, 1.165) is 37.5 Å². The normalized spacial score (nSPS) is 32.8. The van der Waals surface area contributed by atoms with E-state index in [2.05, 4.69) is 11.8 Å². The van der Waals surface area contributed by atoms with Crippen molar-refractivity contribution >= 4 is 0 Å². The van der Waals surface area contributed by atoms with Crippen molar-refractivity contribution in [3.8, 4) is 0 Å². The first kappa shape index (κ1) is 13.3. The van der Waals surface area contributed by atoms with Gasteiger partial charge in [-0.3, -0.25) is 0 Å². The van der Waals surface area contributed by atoms with Crippen LogP contribution in [0.1, 0.15) is 32.6 Å². The number of likely N-dealkylation sites (tertiary alicyclic amines) is 1. The van der Waals surface area contributed by atoms with Gasteiger partial charge in [0.1, 0.15) is 0 Å². The molecule has 2 rings (SSSR count). The lowest BCUT2D eigenvalue weighted by atomic mass is 9.83. The number of rotatable bonds is 4. The van der Waals surface area contributed by atoms with E-state index in [-0.39, 0.29) is 0 Å². The fraction of sp³-hybridized carbons (Fsp3) is 1.00.